The van der Waals surface area contributed by atoms with Gasteiger partial charge in [0.15, 0.2) is 11.3 Å². The van der Waals surface area contributed by atoms with Crippen LogP contribution >= 0.6 is 23.2 Å². The van der Waals surface area contributed by atoms with E-state index in [1.165, 1.54) is 12.4 Å². The van der Waals surface area contributed by atoms with Gasteiger partial charge in [-0.15, -0.1) is 0 Å². The van der Waals surface area contributed by atoms with E-state index < -0.39 is 11.6 Å². The van der Waals surface area contributed by atoms with Crippen LogP contribution in [0.1, 0.15) is 123 Å². The van der Waals surface area contributed by atoms with Crippen LogP contribution < -0.4 is 10.6 Å². The third-order valence-electron chi connectivity index (χ3n) is 9.52. The van der Waals surface area contributed by atoms with Crippen molar-refractivity contribution >= 4 is 57.3 Å². The lowest BCUT2D eigenvalue weighted by Crippen LogP contribution is -2.45. The van der Waals surface area contributed by atoms with E-state index in [9.17, 15) is 9.59 Å². The number of ether oxygens (including phenoxy) is 1. The van der Waals surface area contributed by atoms with E-state index in [1.54, 1.807) is 38.0 Å². The molecule has 1 saturated carbocycles. The molecule has 0 aliphatic heterocycles. The van der Waals surface area contributed by atoms with Gasteiger partial charge < -0.3 is 24.5 Å². The van der Waals surface area contributed by atoms with Gasteiger partial charge >= 0.3 is 0 Å². The zero-order valence-corrected chi connectivity index (χ0v) is 34.4. The first-order chi connectivity index (χ1) is 26.6. The summed E-state index contributed by atoms with van der Waals surface area (Å²) in [4.78, 5) is 60.8. The van der Waals surface area contributed by atoms with Gasteiger partial charge in [-0.1, -0.05) is 23.2 Å². The first kappa shape index (κ1) is 40.5. The summed E-state index contributed by atoms with van der Waals surface area (Å²) in [6, 6.07) is 3.00. The number of methoxy groups -OCH3 is 1. The number of imidazole rings is 2. The van der Waals surface area contributed by atoms with Crippen molar-refractivity contribution in [3.63, 3.8) is 0 Å². The second-order valence-electron chi connectivity index (χ2n) is 14.9. The minimum absolute atomic E-state index is 0.0508. The van der Waals surface area contributed by atoms with Gasteiger partial charge in [-0.3, -0.25) is 19.6 Å². The van der Waals surface area contributed by atoms with Gasteiger partial charge in [0.05, 0.1) is 45.5 Å². The van der Waals surface area contributed by atoms with Gasteiger partial charge in [-0.25, -0.2) is 29.9 Å². The average molecular weight is 802 g/mol. The van der Waals surface area contributed by atoms with Crippen LogP contribution in [-0.2, 0) is 4.74 Å². The van der Waals surface area contributed by atoms with Crippen LogP contribution in [0.3, 0.4) is 0 Å². The molecule has 0 saturated heterocycles. The Morgan fingerprint density at radius 1 is 0.714 bits per heavy atom. The molecule has 56 heavy (non-hydrogen) atoms. The summed E-state index contributed by atoms with van der Waals surface area (Å²) in [5, 5.41) is 7.18. The Hall–Kier alpha value is -5.12. The number of pyridine rings is 2. The van der Waals surface area contributed by atoms with Crippen molar-refractivity contribution in [1.29, 1.82) is 0 Å². The molecule has 1 aliphatic rings. The zero-order chi connectivity index (χ0) is 40.5. The van der Waals surface area contributed by atoms with Gasteiger partial charge in [0.2, 0.25) is 0 Å². The van der Waals surface area contributed by atoms with Crippen LogP contribution in [0.5, 0.6) is 0 Å². The molecule has 2 atom stereocenters. The third-order valence-corrected chi connectivity index (χ3v) is 9.93. The van der Waals surface area contributed by atoms with Crippen LogP contribution in [-0.4, -0.2) is 73.5 Å². The molecule has 2 amide bonds. The molecule has 0 spiro atoms. The van der Waals surface area contributed by atoms with Crippen molar-refractivity contribution in [3.05, 3.63) is 93.8 Å². The highest BCUT2D eigenvalue weighted by Gasteiger charge is 2.39. The summed E-state index contributed by atoms with van der Waals surface area (Å²) in [5.74, 6) is 1.20. The smallest absolute Gasteiger partial charge is 0.272 e. The number of fused-ring (bicyclic) bond motifs is 2. The minimum atomic E-state index is -0.758. The predicted octanol–water partition coefficient (Wildman–Crippen LogP) is 7.31. The average Bonchev–Trinajstić information content (AvgIpc) is 3.83. The number of nitrogens with one attached hydrogen (secondary N) is 2. The Kier molecular flexibility index (Phi) is 12.0. The predicted molar refractivity (Wildman–Crippen MR) is 214 cm³/mol. The number of aryl methyl sites for hydroxylation is 2. The summed E-state index contributed by atoms with van der Waals surface area (Å²) >= 11 is 12.2. The van der Waals surface area contributed by atoms with Crippen molar-refractivity contribution in [2.45, 2.75) is 98.0 Å². The second-order valence-corrected chi connectivity index (χ2v) is 15.8. The largest absolute Gasteiger partial charge is 0.376 e. The molecule has 0 aromatic carbocycles. The van der Waals surface area contributed by atoms with E-state index in [0.29, 0.717) is 38.6 Å². The van der Waals surface area contributed by atoms with Crippen LogP contribution in [0.2, 0.25) is 10.0 Å². The van der Waals surface area contributed by atoms with Gasteiger partial charge in [0.25, 0.3) is 11.8 Å². The monoisotopic (exact) mass is 800 g/mol. The van der Waals surface area contributed by atoms with Crippen LogP contribution in [0.15, 0.2) is 49.3 Å². The fourth-order valence-electron chi connectivity index (χ4n) is 6.32. The molecular formula is C39H46Cl2N12O3. The zero-order valence-electron chi connectivity index (χ0n) is 32.9. The molecule has 6 aromatic rings. The molecule has 0 bridgehead atoms. The summed E-state index contributed by atoms with van der Waals surface area (Å²) < 4.78 is 9.78. The summed E-state index contributed by atoms with van der Waals surface area (Å²) in [5.41, 5.74) is 4.14. The maximum Gasteiger partial charge on any atom is 0.272 e. The lowest BCUT2D eigenvalue weighted by molar-refractivity contribution is -0.0134. The van der Waals surface area contributed by atoms with Crippen LogP contribution in [0.25, 0.3) is 22.3 Å². The fourth-order valence-corrected chi connectivity index (χ4v) is 6.63. The number of hydrogen-bond donors (Lipinski definition) is 2. The molecule has 2 N–H and O–H groups in total. The topological polar surface area (TPSA) is 180 Å². The summed E-state index contributed by atoms with van der Waals surface area (Å²) in [7, 11) is 1.60. The minimum Gasteiger partial charge on any atom is -0.376 e. The van der Waals surface area contributed by atoms with E-state index in [4.69, 9.17) is 37.9 Å². The van der Waals surface area contributed by atoms with E-state index in [2.05, 4.69) is 59.0 Å². The number of nitrogens with zero attached hydrogens (tertiary/aromatic N) is 10. The standard InChI is InChI=1S/C20H25ClN6O2.C19H21ClN6O/c1-11(2)27-17-14(7-13(21)9-24-17)25-18(27)16(20(4,5)29-6)26-19(28)15-10-22-12(3)8-23-15;1-10(2)26-17-14(6-13(20)8-23-17)24-18(26)16(12-4-5-12)25-19(27)15-9-21-11(3)7-22-15/h7-11,16H,1-6H3,(H,26,28);6-10,12,16H,4-5H2,1-3H3,(H,25,27). The number of rotatable bonds is 11. The molecule has 17 heteroatoms. The molecular weight excluding hydrogens is 755 g/mol. The first-order valence-electron chi connectivity index (χ1n) is 18.4. The van der Waals surface area contributed by atoms with Gasteiger partial charge in [0.1, 0.15) is 40.1 Å². The Balaban J connectivity index is 0.000000190. The fraction of sp³-hybridized carbons (Fsp3) is 0.436. The highest BCUT2D eigenvalue weighted by molar-refractivity contribution is 6.31. The quantitative estimate of drug-likeness (QED) is 0.134. The lowest BCUT2D eigenvalue weighted by Gasteiger charge is -2.34. The maximum absolute atomic E-state index is 12.9. The molecule has 2 unspecified atom stereocenters. The number of carbonyl (C=O) groups is 2. The van der Waals surface area contributed by atoms with Crippen molar-refractivity contribution in [2.75, 3.05) is 7.11 Å². The molecule has 6 heterocycles. The maximum atomic E-state index is 12.9. The Bertz CT molecular complexity index is 2350. The molecule has 7 rings (SSSR count). The van der Waals surface area contributed by atoms with Crippen molar-refractivity contribution in [1.82, 2.24) is 59.6 Å². The number of carbonyl (C=O) groups excluding carboxylic acids is 2. The van der Waals surface area contributed by atoms with Crippen molar-refractivity contribution in [2.24, 2.45) is 5.92 Å². The molecule has 15 nitrogen and oxygen atoms in total. The number of halogens is 2. The first-order valence-corrected chi connectivity index (χ1v) is 19.1. The molecule has 0 radical (unpaired) electrons. The van der Waals surface area contributed by atoms with Crippen LogP contribution in [0, 0.1) is 19.8 Å². The Morgan fingerprint density at radius 2 is 1.18 bits per heavy atom. The number of aromatic nitrogens is 10. The van der Waals surface area contributed by atoms with Crippen molar-refractivity contribution < 1.29 is 14.3 Å². The molecule has 6 aromatic heterocycles. The van der Waals surface area contributed by atoms with Gasteiger partial charge in [-0.2, -0.15) is 0 Å². The molecule has 1 aliphatic carbocycles. The summed E-state index contributed by atoms with van der Waals surface area (Å²) in [6.45, 7) is 15.7. The molecule has 294 valence electrons. The lowest BCUT2D eigenvalue weighted by atomic mass is 9.97. The van der Waals surface area contributed by atoms with Gasteiger partial charge in [0, 0.05) is 44.0 Å². The Labute approximate surface area is 335 Å². The number of amides is 2. The highest BCUT2D eigenvalue weighted by atomic mass is 35.5. The normalized spacial score (nSPS) is 14.2. The van der Waals surface area contributed by atoms with E-state index in [0.717, 1.165) is 41.2 Å². The van der Waals surface area contributed by atoms with E-state index in [-0.39, 0.29) is 35.6 Å². The van der Waals surface area contributed by atoms with E-state index in [1.807, 2.05) is 52.2 Å². The summed E-state index contributed by atoms with van der Waals surface area (Å²) in [6.07, 6.45) is 11.4. The second kappa shape index (κ2) is 16.5. The van der Waals surface area contributed by atoms with E-state index >= 15 is 0 Å². The SMILES string of the molecule is COC(C)(C)C(NC(=O)c1cnc(C)cn1)c1nc2cc(Cl)cnc2n1C(C)C.Cc1cnc(C(=O)NC(c2nc3cc(Cl)cnc3n2C(C)C)C2CC2)cn1. The third kappa shape index (κ3) is 8.79. The van der Waals surface area contributed by atoms with Crippen LogP contribution in [0.4, 0.5) is 0 Å². The highest BCUT2D eigenvalue weighted by Crippen LogP contribution is 2.42. The Morgan fingerprint density at radius 3 is 1.61 bits per heavy atom. The number of hydrogen-bond acceptors (Lipinski definition) is 11. The van der Waals surface area contributed by atoms with Gasteiger partial charge in [-0.05, 0) is 86.3 Å². The van der Waals surface area contributed by atoms with Crippen molar-refractivity contribution in [3.8, 4) is 0 Å². The molecule has 1 fully saturated rings.